The van der Waals surface area contributed by atoms with Gasteiger partial charge in [0, 0.05) is 16.9 Å². The van der Waals surface area contributed by atoms with Crippen molar-refractivity contribution in [2.75, 3.05) is 12.4 Å². The molecule has 0 atom stereocenters. The lowest BCUT2D eigenvalue weighted by Crippen LogP contribution is -2.10. The van der Waals surface area contributed by atoms with Crippen LogP contribution in [-0.4, -0.2) is 22.3 Å². The van der Waals surface area contributed by atoms with Crippen LogP contribution in [0.4, 0.5) is 5.82 Å². The number of aromatic nitrogens is 3. The molecule has 0 amide bonds. The molecule has 1 N–H and O–H groups in total. The number of hydrogen-bond donors (Lipinski definition) is 1. The molecular formula is C17H20N4OS. The van der Waals surface area contributed by atoms with Gasteiger partial charge in [-0.15, -0.1) is 10.2 Å². The Kier molecular flexibility index (Phi) is 4.17. The molecule has 0 spiro atoms. The Balaban J connectivity index is 1.75. The van der Waals surface area contributed by atoms with Crippen molar-refractivity contribution >= 4 is 28.1 Å². The lowest BCUT2D eigenvalue weighted by atomic mass is 9.98. The summed E-state index contributed by atoms with van der Waals surface area (Å²) < 4.78 is 5.25. The van der Waals surface area contributed by atoms with Crippen molar-refractivity contribution in [3.05, 3.63) is 40.3 Å². The number of anilines is 1. The first-order chi connectivity index (χ1) is 11.0. The topological polar surface area (TPSA) is 59.9 Å². The van der Waals surface area contributed by atoms with E-state index in [0.29, 0.717) is 6.54 Å². The van der Waals surface area contributed by atoms with Gasteiger partial charge in [0.05, 0.1) is 19.2 Å². The van der Waals surface area contributed by atoms with Crippen LogP contribution in [0.5, 0.6) is 5.75 Å². The van der Waals surface area contributed by atoms with E-state index in [1.165, 1.54) is 0 Å². The van der Waals surface area contributed by atoms with Crippen molar-refractivity contribution in [3.8, 4) is 5.75 Å². The highest BCUT2D eigenvalue weighted by atomic mass is 32.1. The van der Waals surface area contributed by atoms with Crippen LogP contribution < -0.4 is 10.1 Å². The first-order valence-corrected chi connectivity index (χ1v) is 8.29. The molecule has 6 heteroatoms. The number of rotatable bonds is 4. The molecule has 0 radical (unpaired) electrons. The van der Waals surface area contributed by atoms with Crippen LogP contribution in [0.1, 0.15) is 30.8 Å². The van der Waals surface area contributed by atoms with Crippen molar-refractivity contribution < 1.29 is 4.74 Å². The Morgan fingerprint density at radius 1 is 1.13 bits per heavy atom. The second-order valence-electron chi connectivity index (χ2n) is 6.36. The molecule has 3 rings (SSSR count). The van der Waals surface area contributed by atoms with Crippen LogP contribution in [0.15, 0.2) is 30.3 Å². The van der Waals surface area contributed by atoms with Crippen molar-refractivity contribution in [3.63, 3.8) is 0 Å². The molecule has 0 aliphatic carbocycles. The molecule has 0 aliphatic heterocycles. The number of nitrogens with one attached hydrogen (secondary N) is 1. The standard InChI is InChI=1S/C17H20N4OS/c1-17(2,3)16-21-20-15(23-16)10-18-14-8-6-11-5-7-12(22-4)9-13(11)19-14/h5-9H,10H2,1-4H3,(H,18,19). The van der Waals surface area contributed by atoms with E-state index in [1.807, 2.05) is 30.3 Å². The highest BCUT2D eigenvalue weighted by molar-refractivity contribution is 7.11. The third kappa shape index (κ3) is 3.59. The quantitative estimate of drug-likeness (QED) is 0.784. The molecule has 1 aromatic carbocycles. The van der Waals surface area contributed by atoms with E-state index in [-0.39, 0.29) is 5.41 Å². The molecule has 3 aromatic rings. The summed E-state index contributed by atoms with van der Waals surface area (Å²) in [6.45, 7) is 7.05. The minimum Gasteiger partial charge on any atom is -0.497 e. The van der Waals surface area contributed by atoms with Gasteiger partial charge >= 0.3 is 0 Å². The summed E-state index contributed by atoms with van der Waals surface area (Å²) in [5, 5.41) is 14.9. The Morgan fingerprint density at radius 2 is 1.91 bits per heavy atom. The average molecular weight is 328 g/mol. The molecule has 2 heterocycles. The van der Waals surface area contributed by atoms with E-state index in [0.717, 1.165) is 32.5 Å². The largest absolute Gasteiger partial charge is 0.497 e. The number of hydrogen-bond acceptors (Lipinski definition) is 6. The van der Waals surface area contributed by atoms with E-state index >= 15 is 0 Å². The summed E-state index contributed by atoms with van der Waals surface area (Å²) in [6, 6.07) is 9.89. The highest BCUT2D eigenvalue weighted by Gasteiger charge is 2.19. The van der Waals surface area contributed by atoms with Crippen LogP contribution in [0.25, 0.3) is 10.9 Å². The highest BCUT2D eigenvalue weighted by Crippen LogP contribution is 2.26. The van der Waals surface area contributed by atoms with E-state index in [2.05, 4.69) is 41.3 Å². The second kappa shape index (κ2) is 6.12. The van der Waals surface area contributed by atoms with Crippen LogP contribution >= 0.6 is 11.3 Å². The van der Waals surface area contributed by atoms with E-state index < -0.39 is 0 Å². The maximum Gasteiger partial charge on any atom is 0.136 e. The molecule has 5 nitrogen and oxygen atoms in total. The summed E-state index contributed by atoms with van der Waals surface area (Å²) in [4.78, 5) is 4.62. The monoisotopic (exact) mass is 328 g/mol. The van der Waals surface area contributed by atoms with Crippen molar-refractivity contribution in [2.24, 2.45) is 0 Å². The minimum atomic E-state index is 0.0354. The molecule has 0 saturated carbocycles. The average Bonchev–Trinajstić information content (AvgIpc) is 3.01. The predicted molar refractivity (Wildman–Crippen MR) is 94.2 cm³/mol. The molecule has 23 heavy (non-hydrogen) atoms. The lowest BCUT2D eigenvalue weighted by Gasteiger charge is -2.12. The van der Waals surface area contributed by atoms with E-state index in [1.54, 1.807) is 18.4 Å². The summed E-state index contributed by atoms with van der Waals surface area (Å²) in [5.41, 5.74) is 0.940. The number of methoxy groups -OCH3 is 1. The van der Waals surface area contributed by atoms with Gasteiger partial charge in [0.1, 0.15) is 21.6 Å². The molecule has 0 aliphatic rings. The van der Waals surface area contributed by atoms with Gasteiger partial charge in [-0.2, -0.15) is 0 Å². The van der Waals surface area contributed by atoms with Gasteiger partial charge in [0.15, 0.2) is 0 Å². The van der Waals surface area contributed by atoms with Gasteiger partial charge in [-0.25, -0.2) is 4.98 Å². The molecule has 0 unspecified atom stereocenters. The fourth-order valence-electron chi connectivity index (χ4n) is 2.12. The number of benzene rings is 1. The van der Waals surface area contributed by atoms with Gasteiger partial charge in [-0.1, -0.05) is 32.1 Å². The summed E-state index contributed by atoms with van der Waals surface area (Å²) in [5.74, 6) is 1.62. The van der Waals surface area contributed by atoms with Crippen molar-refractivity contribution in [2.45, 2.75) is 32.7 Å². The van der Waals surface area contributed by atoms with Gasteiger partial charge in [0.25, 0.3) is 0 Å². The fraction of sp³-hybridized carbons (Fsp3) is 0.353. The molecule has 0 saturated heterocycles. The maximum atomic E-state index is 5.25. The normalized spacial score (nSPS) is 11.7. The first-order valence-electron chi connectivity index (χ1n) is 7.47. The third-order valence-corrected chi connectivity index (χ3v) is 4.78. The van der Waals surface area contributed by atoms with Crippen LogP contribution in [-0.2, 0) is 12.0 Å². The Bertz CT molecular complexity index is 823. The summed E-state index contributed by atoms with van der Waals surface area (Å²) >= 11 is 1.64. The Labute approximate surface area is 139 Å². The minimum absolute atomic E-state index is 0.0354. The number of ether oxygens (including phenoxy) is 1. The van der Waals surface area contributed by atoms with Gasteiger partial charge < -0.3 is 10.1 Å². The fourth-order valence-corrected chi connectivity index (χ4v) is 2.95. The number of fused-ring (bicyclic) bond motifs is 1. The maximum absolute atomic E-state index is 5.25. The molecule has 2 aromatic heterocycles. The molecule has 0 fully saturated rings. The van der Waals surface area contributed by atoms with Gasteiger partial charge in [0.2, 0.25) is 0 Å². The van der Waals surface area contributed by atoms with Crippen LogP contribution in [0.2, 0.25) is 0 Å². The third-order valence-electron chi connectivity index (χ3n) is 3.43. The van der Waals surface area contributed by atoms with Crippen molar-refractivity contribution in [1.82, 2.24) is 15.2 Å². The lowest BCUT2D eigenvalue weighted by molar-refractivity contribution is 0.415. The van der Waals surface area contributed by atoms with Crippen molar-refractivity contribution in [1.29, 1.82) is 0 Å². The van der Waals surface area contributed by atoms with Crippen LogP contribution in [0, 0.1) is 0 Å². The zero-order valence-corrected chi connectivity index (χ0v) is 14.6. The second-order valence-corrected chi connectivity index (χ2v) is 7.42. The number of pyridine rings is 1. The summed E-state index contributed by atoms with van der Waals surface area (Å²) in [7, 11) is 1.66. The van der Waals surface area contributed by atoms with Gasteiger partial charge in [-0.3, -0.25) is 0 Å². The Morgan fingerprint density at radius 3 is 2.61 bits per heavy atom. The zero-order valence-electron chi connectivity index (χ0n) is 13.8. The smallest absolute Gasteiger partial charge is 0.136 e. The SMILES string of the molecule is COc1ccc2ccc(NCc3nnc(C(C)(C)C)s3)nc2c1. The molecular weight excluding hydrogens is 308 g/mol. The van der Waals surface area contributed by atoms with Crippen LogP contribution in [0.3, 0.4) is 0 Å². The molecule has 0 bridgehead atoms. The number of nitrogens with zero attached hydrogens (tertiary/aromatic N) is 3. The zero-order chi connectivity index (χ0) is 16.4. The first kappa shape index (κ1) is 15.7. The van der Waals surface area contributed by atoms with Gasteiger partial charge in [-0.05, 0) is 24.3 Å². The summed E-state index contributed by atoms with van der Waals surface area (Å²) in [6.07, 6.45) is 0. The predicted octanol–water partition coefficient (Wildman–Crippen LogP) is 4.00. The van der Waals surface area contributed by atoms with E-state index in [4.69, 9.17) is 4.74 Å². The van der Waals surface area contributed by atoms with E-state index in [9.17, 15) is 0 Å². The molecule has 120 valence electrons. The Hall–Kier alpha value is -2.21.